The van der Waals surface area contributed by atoms with Crippen LogP contribution in [0.1, 0.15) is 42.6 Å². The number of nitrogens with two attached hydrogens (primary N) is 1. The number of hydrogen-bond acceptors (Lipinski definition) is 4. The molecule has 28 heavy (non-hydrogen) atoms. The molecule has 4 rings (SSSR count). The van der Waals surface area contributed by atoms with E-state index in [1.54, 1.807) is 11.3 Å². The number of nitrogens with one attached hydrogen (secondary N) is 1. The lowest BCUT2D eigenvalue weighted by molar-refractivity contribution is -0.694. The molecule has 0 bridgehead atoms. The van der Waals surface area contributed by atoms with E-state index in [2.05, 4.69) is 24.1 Å². The zero-order valence-corrected chi connectivity index (χ0v) is 17.7. The third-order valence-electron chi connectivity index (χ3n) is 5.34. The highest BCUT2D eigenvalue weighted by Crippen LogP contribution is 2.35. The Morgan fingerprint density at radius 2 is 2.18 bits per heavy atom. The van der Waals surface area contributed by atoms with Gasteiger partial charge in [0.05, 0.1) is 5.39 Å². The van der Waals surface area contributed by atoms with Gasteiger partial charge in [0.15, 0.2) is 5.82 Å². The molecule has 3 N–H and O–H groups in total. The standard InChI is InChI=1S/C21H24ClN3O2S/c1-12-3-8-16-17(11-12)28-21-18(16)20(26)24-19(25-21)13(2)23-9-10-27-15-6-4-14(22)5-7-15/h4-7,12-13,23H,3,8-11H2,1-2H3,(H,24,25,26)/p+1/t12-,13-/m1/s1. The maximum absolute atomic E-state index is 12.7. The lowest BCUT2D eigenvalue weighted by atomic mass is 9.89. The van der Waals surface area contributed by atoms with E-state index in [-0.39, 0.29) is 11.6 Å². The van der Waals surface area contributed by atoms with Crippen molar-refractivity contribution in [2.75, 3.05) is 13.2 Å². The van der Waals surface area contributed by atoms with Crippen molar-refractivity contribution >= 4 is 33.2 Å². The van der Waals surface area contributed by atoms with Gasteiger partial charge in [0.25, 0.3) is 5.56 Å². The van der Waals surface area contributed by atoms with Crippen LogP contribution in [0.15, 0.2) is 29.1 Å². The SMILES string of the molecule is C[C@@H]1CCc2c(sc3nc([C@@H](C)[NH2+]CCOc4ccc(Cl)cc4)[nH]c(=O)c23)C1. The lowest BCUT2D eigenvalue weighted by Gasteiger charge is -2.17. The maximum atomic E-state index is 12.7. The Morgan fingerprint density at radius 1 is 1.39 bits per heavy atom. The van der Waals surface area contributed by atoms with E-state index in [0.29, 0.717) is 17.5 Å². The van der Waals surface area contributed by atoms with E-state index in [4.69, 9.17) is 21.3 Å². The van der Waals surface area contributed by atoms with Crippen LogP contribution in [0.3, 0.4) is 0 Å². The van der Waals surface area contributed by atoms with Crippen LogP contribution in [0.5, 0.6) is 5.75 Å². The van der Waals surface area contributed by atoms with Gasteiger partial charge >= 0.3 is 0 Å². The van der Waals surface area contributed by atoms with Gasteiger partial charge in [-0.25, -0.2) is 4.98 Å². The summed E-state index contributed by atoms with van der Waals surface area (Å²) in [5.74, 6) is 2.22. The van der Waals surface area contributed by atoms with Gasteiger partial charge in [-0.2, -0.15) is 0 Å². The summed E-state index contributed by atoms with van der Waals surface area (Å²) in [5, 5.41) is 3.65. The topological polar surface area (TPSA) is 71.6 Å². The number of hydrogen-bond donors (Lipinski definition) is 2. The van der Waals surface area contributed by atoms with Gasteiger partial charge in [-0.3, -0.25) is 4.79 Å². The van der Waals surface area contributed by atoms with Gasteiger partial charge in [0.2, 0.25) is 0 Å². The van der Waals surface area contributed by atoms with Crippen LogP contribution in [0, 0.1) is 5.92 Å². The first-order valence-corrected chi connectivity index (χ1v) is 11.0. The van der Waals surface area contributed by atoms with Crippen molar-refractivity contribution < 1.29 is 10.1 Å². The Hall–Kier alpha value is -1.89. The third-order valence-corrected chi connectivity index (χ3v) is 6.74. The number of benzene rings is 1. The average Bonchev–Trinajstić information content (AvgIpc) is 3.04. The van der Waals surface area contributed by atoms with E-state index in [0.717, 1.165) is 47.6 Å². The predicted octanol–water partition coefficient (Wildman–Crippen LogP) is 3.47. The smallest absolute Gasteiger partial charge is 0.260 e. The van der Waals surface area contributed by atoms with Crippen molar-refractivity contribution in [3.63, 3.8) is 0 Å². The first kappa shape index (κ1) is 19.4. The van der Waals surface area contributed by atoms with Gasteiger partial charge in [-0.15, -0.1) is 11.3 Å². The molecule has 0 unspecified atom stereocenters. The van der Waals surface area contributed by atoms with Crippen molar-refractivity contribution in [1.29, 1.82) is 0 Å². The summed E-state index contributed by atoms with van der Waals surface area (Å²) in [7, 11) is 0. The number of aromatic amines is 1. The predicted molar refractivity (Wildman–Crippen MR) is 114 cm³/mol. The van der Waals surface area contributed by atoms with Crippen LogP contribution < -0.4 is 15.6 Å². The number of quaternary nitrogens is 1. The highest BCUT2D eigenvalue weighted by Gasteiger charge is 2.24. The summed E-state index contributed by atoms with van der Waals surface area (Å²) < 4.78 is 5.73. The van der Waals surface area contributed by atoms with Crippen molar-refractivity contribution in [1.82, 2.24) is 9.97 Å². The van der Waals surface area contributed by atoms with E-state index in [1.165, 1.54) is 10.4 Å². The van der Waals surface area contributed by atoms with Crippen LogP contribution in [0.2, 0.25) is 5.02 Å². The molecule has 0 saturated carbocycles. The van der Waals surface area contributed by atoms with E-state index in [9.17, 15) is 4.79 Å². The fourth-order valence-electron chi connectivity index (χ4n) is 3.72. The minimum atomic E-state index is 0.00437. The molecule has 0 saturated heterocycles. The molecule has 3 aromatic rings. The molecule has 2 atom stereocenters. The second kappa shape index (κ2) is 8.23. The normalized spacial score (nSPS) is 17.5. The number of thiophene rings is 1. The Morgan fingerprint density at radius 3 is 2.96 bits per heavy atom. The monoisotopic (exact) mass is 418 g/mol. The van der Waals surface area contributed by atoms with E-state index in [1.807, 2.05) is 24.3 Å². The first-order chi connectivity index (χ1) is 13.5. The maximum Gasteiger partial charge on any atom is 0.260 e. The van der Waals surface area contributed by atoms with Crippen molar-refractivity contribution in [2.45, 2.75) is 39.2 Å². The number of fused-ring (bicyclic) bond motifs is 3. The molecule has 0 radical (unpaired) electrons. The van der Waals surface area contributed by atoms with Crippen LogP contribution in [0.4, 0.5) is 0 Å². The summed E-state index contributed by atoms with van der Waals surface area (Å²) in [6.07, 6.45) is 3.21. The molecule has 0 amide bonds. The van der Waals surface area contributed by atoms with Crippen LogP contribution in [-0.4, -0.2) is 23.1 Å². The Labute approximate surface area is 173 Å². The molecule has 0 fully saturated rings. The van der Waals surface area contributed by atoms with Gasteiger partial charge in [0, 0.05) is 9.90 Å². The largest absolute Gasteiger partial charge is 0.488 e. The number of rotatable bonds is 6. The lowest BCUT2D eigenvalue weighted by Crippen LogP contribution is -2.86. The number of aryl methyl sites for hydroxylation is 1. The second-order valence-corrected chi connectivity index (χ2v) is 9.12. The summed E-state index contributed by atoms with van der Waals surface area (Å²) >= 11 is 7.58. The van der Waals surface area contributed by atoms with Crippen LogP contribution in [-0.2, 0) is 12.8 Å². The second-order valence-electron chi connectivity index (χ2n) is 7.60. The molecule has 0 aliphatic heterocycles. The molecule has 2 heterocycles. The zero-order chi connectivity index (χ0) is 19.7. The Kier molecular flexibility index (Phi) is 5.71. The van der Waals surface area contributed by atoms with Crippen LogP contribution >= 0.6 is 22.9 Å². The van der Waals surface area contributed by atoms with E-state index < -0.39 is 0 Å². The quantitative estimate of drug-likeness (QED) is 0.602. The Balaban J connectivity index is 1.42. The van der Waals surface area contributed by atoms with Crippen LogP contribution in [0.25, 0.3) is 10.2 Å². The van der Waals surface area contributed by atoms with E-state index >= 15 is 0 Å². The van der Waals surface area contributed by atoms with Gasteiger partial charge in [0.1, 0.15) is 29.8 Å². The average molecular weight is 419 g/mol. The van der Waals surface area contributed by atoms with Gasteiger partial charge < -0.3 is 15.0 Å². The molecule has 1 aliphatic carbocycles. The molecule has 1 aliphatic rings. The molecule has 5 nitrogen and oxygen atoms in total. The highest BCUT2D eigenvalue weighted by molar-refractivity contribution is 7.18. The molecule has 1 aromatic carbocycles. The summed E-state index contributed by atoms with van der Waals surface area (Å²) in [6, 6.07) is 7.41. The molecule has 2 aromatic heterocycles. The van der Waals surface area contributed by atoms with Gasteiger partial charge in [-0.05, 0) is 61.9 Å². The fraction of sp³-hybridized carbons (Fsp3) is 0.429. The van der Waals surface area contributed by atoms with Gasteiger partial charge in [-0.1, -0.05) is 18.5 Å². The summed E-state index contributed by atoms with van der Waals surface area (Å²) in [5.41, 5.74) is 1.23. The van der Waals surface area contributed by atoms with Crippen molar-refractivity contribution in [2.24, 2.45) is 5.92 Å². The first-order valence-electron chi connectivity index (χ1n) is 9.77. The fourth-order valence-corrected chi connectivity index (χ4v) is 5.23. The number of ether oxygens (including phenoxy) is 1. The number of nitrogens with zero attached hydrogens (tertiary/aromatic N) is 1. The summed E-state index contributed by atoms with van der Waals surface area (Å²) in [4.78, 5) is 22.8. The van der Waals surface area contributed by atoms with Crippen molar-refractivity contribution in [3.05, 3.63) is 55.9 Å². The molecule has 148 valence electrons. The highest BCUT2D eigenvalue weighted by atomic mass is 35.5. The van der Waals surface area contributed by atoms with Crippen molar-refractivity contribution in [3.8, 4) is 5.75 Å². The molecule has 0 spiro atoms. The minimum absolute atomic E-state index is 0.00437. The Bertz CT molecular complexity index is 1030. The third kappa shape index (κ3) is 4.09. The molecular weight excluding hydrogens is 394 g/mol. The zero-order valence-electron chi connectivity index (χ0n) is 16.1. The minimum Gasteiger partial charge on any atom is -0.488 e. The molecule has 7 heteroatoms. The molecular formula is C21H25ClN3O2S+. The number of aromatic nitrogens is 2. The summed E-state index contributed by atoms with van der Waals surface area (Å²) in [6.45, 7) is 5.68. The number of halogens is 1. The number of H-pyrrole nitrogens is 1.